The summed E-state index contributed by atoms with van der Waals surface area (Å²) >= 11 is 5.82. The van der Waals surface area contributed by atoms with Crippen molar-refractivity contribution in [3.05, 3.63) is 22.7 Å². The number of halogens is 1. The number of benzene rings is 1. The van der Waals surface area contributed by atoms with Crippen LogP contribution in [0.3, 0.4) is 0 Å². The monoisotopic (exact) mass is 200 g/mol. The molecule has 0 unspecified atom stereocenters. The molecule has 0 saturated carbocycles. The maximum absolute atomic E-state index is 8.62. The van der Waals surface area contributed by atoms with E-state index in [4.69, 9.17) is 22.4 Å². The minimum atomic E-state index is 0.0992. The van der Waals surface area contributed by atoms with E-state index >= 15 is 0 Å². The second-order valence-electron chi connectivity index (χ2n) is 2.84. The predicted octanol–water partition coefficient (Wildman–Crippen LogP) is 1.63. The molecular formula is C9H13ClN2O. The quantitative estimate of drug-likeness (QED) is 0.651. The molecule has 0 atom stereocenters. The van der Waals surface area contributed by atoms with Crippen LogP contribution in [0.15, 0.2) is 12.1 Å². The Bertz CT molecular complexity index is 302. The molecule has 1 rings (SSSR count). The summed E-state index contributed by atoms with van der Waals surface area (Å²) in [7, 11) is 0. The van der Waals surface area contributed by atoms with E-state index in [0.717, 1.165) is 11.3 Å². The average molecular weight is 201 g/mol. The van der Waals surface area contributed by atoms with Crippen molar-refractivity contribution in [3.63, 3.8) is 0 Å². The van der Waals surface area contributed by atoms with Crippen LogP contribution in [0.1, 0.15) is 5.56 Å². The highest BCUT2D eigenvalue weighted by Crippen LogP contribution is 2.26. The zero-order valence-electron chi connectivity index (χ0n) is 7.47. The van der Waals surface area contributed by atoms with Gasteiger partial charge < -0.3 is 16.2 Å². The fourth-order valence-corrected chi connectivity index (χ4v) is 1.29. The maximum Gasteiger partial charge on any atom is 0.0639 e. The van der Waals surface area contributed by atoms with Gasteiger partial charge in [0.1, 0.15) is 0 Å². The molecule has 1 aromatic carbocycles. The molecule has 4 heteroatoms. The smallest absolute Gasteiger partial charge is 0.0639 e. The molecule has 0 fully saturated rings. The number of nitrogens with one attached hydrogen (secondary N) is 1. The number of aliphatic hydroxyl groups is 1. The minimum absolute atomic E-state index is 0.0992. The number of nitrogens with two attached hydrogens (primary N) is 1. The lowest BCUT2D eigenvalue weighted by Crippen LogP contribution is -2.07. The Hall–Kier alpha value is -0.930. The number of anilines is 2. The van der Waals surface area contributed by atoms with Crippen LogP contribution in [0.5, 0.6) is 0 Å². The van der Waals surface area contributed by atoms with Crippen molar-refractivity contribution in [1.82, 2.24) is 0 Å². The summed E-state index contributed by atoms with van der Waals surface area (Å²) in [5.74, 6) is 0. The summed E-state index contributed by atoms with van der Waals surface area (Å²) in [5.41, 5.74) is 8.11. The van der Waals surface area contributed by atoms with Crippen molar-refractivity contribution in [1.29, 1.82) is 0 Å². The maximum atomic E-state index is 8.62. The van der Waals surface area contributed by atoms with E-state index in [1.165, 1.54) is 0 Å². The van der Waals surface area contributed by atoms with Gasteiger partial charge in [0.2, 0.25) is 0 Å². The summed E-state index contributed by atoms with van der Waals surface area (Å²) < 4.78 is 0. The standard InChI is InChI=1S/C9H13ClN2O/c1-6-4-7(10)8(11)5-9(6)12-2-3-13/h4-5,12-13H,2-3,11H2,1H3. The lowest BCUT2D eigenvalue weighted by atomic mass is 10.2. The Morgan fingerprint density at radius 2 is 2.23 bits per heavy atom. The molecule has 0 bridgehead atoms. The van der Waals surface area contributed by atoms with Gasteiger partial charge in [-0.05, 0) is 24.6 Å². The van der Waals surface area contributed by atoms with Crippen LogP contribution in [-0.2, 0) is 0 Å². The van der Waals surface area contributed by atoms with Gasteiger partial charge in [-0.3, -0.25) is 0 Å². The van der Waals surface area contributed by atoms with Crippen molar-refractivity contribution in [2.24, 2.45) is 0 Å². The molecule has 0 radical (unpaired) electrons. The lowest BCUT2D eigenvalue weighted by Gasteiger charge is -2.09. The largest absolute Gasteiger partial charge is 0.397 e. The minimum Gasteiger partial charge on any atom is -0.397 e. The molecule has 1 aromatic rings. The van der Waals surface area contributed by atoms with Crippen molar-refractivity contribution >= 4 is 23.0 Å². The lowest BCUT2D eigenvalue weighted by molar-refractivity contribution is 0.311. The Morgan fingerprint density at radius 1 is 1.54 bits per heavy atom. The summed E-state index contributed by atoms with van der Waals surface area (Å²) in [5, 5.41) is 12.2. The van der Waals surface area contributed by atoms with Gasteiger partial charge in [0.05, 0.1) is 17.3 Å². The topological polar surface area (TPSA) is 58.3 Å². The van der Waals surface area contributed by atoms with Gasteiger partial charge in [0.15, 0.2) is 0 Å². The third-order valence-electron chi connectivity index (χ3n) is 1.77. The summed E-state index contributed by atoms with van der Waals surface area (Å²) in [6.07, 6.45) is 0. The molecule has 0 aliphatic heterocycles. The summed E-state index contributed by atoms with van der Waals surface area (Å²) in [6, 6.07) is 3.57. The molecule has 72 valence electrons. The van der Waals surface area contributed by atoms with Crippen molar-refractivity contribution in [3.8, 4) is 0 Å². The second kappa shape index (κ2) is 4.35. The first-order chi connectivity index (χ1) is 6.15. The highest BCUT2D eigenvalue weighted by molar-refractivity contribution is 6.33. The van der Waals surface area contributed by atoms with Crippen LogP contribution in [0.4, 0.5) is 11.4 Å². The zero-order chi connectivity index (χ0) is 9.84. The number of rotatable bonds is 3. The van der Waals surface area contributed by atoms with Gasteiger partial charge in [-0.15, -0.1) is 0 Å². The molecule has 0 amide bonds. The van der Waals surface area contributed by atoms with E-state index in [2.05, 4.69) is 5.32 Å². The molecule has 4 N–H and O–H groups in total. The molecule has 0 heterocycles. The molecule has 0 saturated heterocycles. The van der Waals surface area contributed by atoms with Gasteiger partial charge in [-0.25, -0.2) is 0 Å². The normalized spacial score (nSPS) is 10.1. The SMILES string of the molecule is Cc1cc(Cl)c(N)cc1NCCO. The number of hydrogen-bond acceptors (Lipinski definition) is 3. The highest BCUT2D eigenvalue weighted by Gasteiger charge is 2.02. The van der Waals surface area contributed by atoms with Crippen LogP contribution in [0.25, 0.3) is 0 Å². The van der Waals surface area contributed by atoms with Crippen LogP contribution in [0.2, 0.25) is 5.02 Å². The van der Waals surface area contributed by atoms with Crippen LogP contribution in [-0.4, -0.2) is 18.3 Å². The number of nitrogen functional groups attached to an aromatic ring is 1. The average Bonchev–Trinajstić information content (AvgIpc) is 2.09. The van der Waals surface area contributed by atoms with Crippen LogP contribution >= 0.6 is 11.6 Å². The molecule has 0 aliphatic rings. The van der Waals surface area contributed by atoms with Gasteiger partial charge >= 0.3 is 0 Å². The van der Waals surface area contributed by atoms with Gasteiger partial charge in [0.25, 0.3) is 0 Å². The Morgan fingerprint density at radius 3 is 2.85 bits per heavy atom. The molecule has 0 aromatic heterocycles. The Balaban J connectivity index is 2.88. The van der Waals surface area contributed by atoms with Crippen molar-refractivity contribution in [2.75, 3.05) is 24.2 Å². The van der Waals surface area contributed by atoms with Crippen molar-refractivity contribution in [2.45, 2.75) is 6.92 Å². The molecular weight excluding hydrogens is 188 g/mol. The third-order valence-corrected chi connectivity index (χ3v) is 2.10. The number of aryl methyl sites for hydroxylation is 1. The number of aliphatic hydroxyl groups excluding tert-OH is 1. The van der Waals surface area contributed by atoms with Crippen molar-refractivity contribution < 1.29 is 5.11 Å². The van der Waals surface area contributed by atoms with E-state index < -0.39 is 0 Å². The summed E-state index contributed by atoms with van der Waals surface area (Å²) in [4.78, 5) is 0. The number of hydrogen-bond donors (Lipinski definition) is 3. The first kappa shape index (κ1) is 10.2. The fourth-order valence-electron chi connectivity index (χ4n) is 1.07. The molecule has 0 spiro atoms. The third kappa shape index (κ3) is 2.50. The van der Waals surface area contributed by atoms with Gasteiger partial charge in [0, 0.05) is 12.2 Å². The fraction of sp³-hybridized carbons (Fsp3) is 0.333. The van der Waals surface area contributed by atoms with Crippen LogP contribution < -0.4 is 11.1 Å². The summed E-state index contributed by atoms with van der Waals surface area (Å²) in [6.45, 7) is 2.55. The van der Waals surface area contributed by atoms with E-state index in [1.807, 2.05) is 6.92 Å². The Labute approximate surface area is 82.5 Å². The first-order valence-electron chi connectivity index (χ1n) is 4.05. The second-order valence-corrected chi connectivity index (χ2v) is 3.25. The van der Waals surface area contributed by atoms with Gasteiger partial charge in [-0.2, -0.15) is 0 Å². The van der Waals surface area contributed by atoms with E-state index in [0.29, 0.717) is 17.3 Å². The van der Waals surface area contributed by atoms with E-state index in [-0.39, 0.29) is 6.61 Å². The van der Waals surface area contributed by atoms with E-state index in [1.54, 1.807) is 12.1 Å². The van der Waals surface area contributed by atoms with Crippen LogP contribution in [0, 0.1) is 6.92 Å². The first-order valence-corrected chi connectivity index (χ1v) is 4.43. The predicted molar refractivity (Wildman–Crippen MR) is 56.2 cm³/mol. The van der Waals surface area contributed by atoms with E-state index in [9.17, 15) is 0 Å². The Kier molecular flexibility index (Phi) is 3.39. The molecule has 13 heavy (non-hydrogen) atoms. The zero-order valence-corrected chi connectivity index (χ0v) is 8.23. The highest BCUT2D eigenvalue weighted by atomic mass is 35.5. The molecule has 0 aliphatic carbocycles. The van der Waals surface area contributed by atoms with Gasteiger partial charge in [-0.1, -0.05) is 11.6 Å². The molecule has 3 nitrogen and oxygen atoms in total.